The van der Waals surface area contributed by atoms with Crippen LogP contribution in [0.3, 0.4) is 0 Å². The second kappa shape index (κ2) is 6.13. The van der Waals surface area contributed by atoms with Crippen LogP contribution in [0.2, 0.25) is 0 Å². The summed E-state index contributed by atoms with van der Waals surface area (Å²) in [6.45, 7) is 0. The van der Waals surface area contributed by atoms with Crippen molar-refractivity contribution in [1.29, 1.82) is 0 Å². The van der Waals surface area contributed by atoms with Gasteiger partial charge in [0.25, 0.3) is 5.69 Å². The van der Waals surface area contributed by atoms with Gasteiger partial charge in [-0.05, 0) is 23.8 Å². The number of methoxy groups -OCH3 is 2. The largest absolute Gasteiger partial charge is 0.493 e. The number of benzene rings is 2. The van der Waals surface area contributed by atoms with E-state index in [-0.39, 0.29) is 16.8 Å². The van der Waals surface area contributed by atoms with E-state index < -0.39 is 10.9 Å². The fourth-order valence-electron chi connectivity index (χ4n) is 2.07. The average Bonchev–Trinajstić information content (AvgIpc) is 2.53. The van der Waals surface area contributed by atoms with Gasteiger partial charge in [-0.3, -0.25) is 10.1 Å². The molecule has 0 aliphatic rings. The monoisotopic (exact) mass is 303 g/mol. The summed E-state index contributed by atoms with van der Waals surface area (Å²) >= 11 is 0. The van der Waals surface area contributed by atoms with Gasteiger partial charge in [0.05, 0.1) is 24.7 Å². The quantitative estimate of drug-likeness (QED) is 0.673. The molecule has 2 aromatic carbocycles. The van der Waals surface area contributed by atoms with Crippen LogP contribution in [0, 0.1) is 10.1 Å². The maximum atomic E-state index is 11.3. The second-order valence-electron chi connectivity index (χ2n) is 4.36. The van der Waals surface area contributed by atoms with Crippen molar-refractivity contribution in [2.45, 2.75) is 0 Å². The highest BCUT2D eigenvalue weighted by Crippen LogP contribution is 2.35. The first-order valence-corrected chi connectivity index (χ1v) is 6.22. The van der Waals surface area contributed by atoms with Gasteiger partial charge in [0.2, 0.25) is 0 Å². The molecule has 7 heteroatoms. The summed E-state index contributed by atoms with van der Waals surface area (Å²) in [7, 11) is 2.93. The Morgan fingerprint density at radius 2 is 1.77 bits per heavy atom. The molecule has 0 spiro atoms. The SMILES string of the molecule is COc1ccc(-c2cc([N+](=O)[O-])ccc2C(=O)O)cc1OC. The summed E-state index contributed by atoms with van der Waals surface area (Å²) in [6.07, 6.45) is 0. The van der Waals surface area contributed by atoms with Gasteiger partial charge >= 0.3 is 5.97 Å². The number of nitro groups is 1. The van der Waals surface area contributed by atoms with Gasteiger partial charge in [-0.15, -0.1) is 0 Å². The third kappa shape index (κ3) is 2.83. The summed E-state index contributed by atoms with van der Waals surface area (Å²) in [6, 6.07) is 8.40. The highest BCUT2D eigenvalue weighted by Gasteiger charge is 2.18. The zero-order valence-corrected chi connectivity index (χ0v) is 11.9. The van der Waals surface area contributed by atoms with Crippen molar-refractivity contribution >= 4 is 11.7 Å². The van der Waals surface area contributed by atoms with Crippen molar-refractivity contribution < 1.29 is 24.3 Å². The molecule has 22 heavy (non-hydrogen) atoms. The Labute approximate surface area is 125 Å². The third-order valence-electron chi connectivity index (χ3n) is 3.14. The van der Waals surface area contributed by atoms with Crippen LogP contribution in [0.5, 0.6) is 11.5 Å². The van der Waals surface area contributed by atoms with Crippen LogP contribution in [0.4, 0.5) is 5.69 Å². The zero-order chi connectivity index (χ0) is 16.3. The molecule has 0 atom stereocenters. The first kappa shape index (κ1) is 15.3. The van der Waals surface area contributed by atoms with Crippen molar-refractivity contribution in [3.63, 3.8) is 0 Å². The van der Waals surface area contributed by atoms with Gasteiger partial charge in [-0.25, -0.2) is 4.79 Å². The predicted molar refractivity (Wildman–Crippen MR) is 78.6 cm³/mol. The Hall–Kier alpha value is -3.09. The lowest BCUT2D eigenvalue weighted by molar-refractivity contribution is -0.384. The standard InChI is InChI=1S/C15H13NO6/c1-21-13-6-3-9(7-14(13)22-2)12-8-10(16(19)20)4-5-11(12)15(17)18/h3-8H,1-2H3,(H,17,18). The number of ether oxygens (including phenoxy) is 2. The molecule has 0 radical (unpaired) electrons. The minimum Gasteiger partial charge on any atom is -0.493 e. The molecule has 0 saturated heterocycles. The van der Waals surface area contributed by atoms with E-state index in [0.29, 0.717) is 17.1 Å². The molecule has 0 fully saturated rings. The molecular weight excluding hydrogens is 290 g/mol. The number of hydrogen-bond donors (Lipinski definition) is 1. The Morgan fingerprint density at radius 1 is 1.09 bits per heavy atom. The predicted octanol–water partition coefficient (Wildman–Crippen LogP) is 2.98. The molecule has 0 aliphatic carbocycles. The molecule has 0 saturated carbocycles. The number of aromatic carboxylic acids is 1. The molecule has 114 valence electrons. The Bertz CT molecular complexity index is 741. The molecule has 1 N–H and O–H groups in total. The van der Waals surface area contributed by atoms with Crippen LogP contribution in [0.25, 0.3) is 11.1 Å². The number of carbonyl (C=O) groups is 1. The lowest BCUT2D eigenvalue weighted by Crippen LogP contribution is -2.01. The number of nitrogens with zero attached hydrogens (tertiary/aromatic N) is 1. The fourth-order valence-corrected chi connectivity index (χ4v) is 2.07. The lowest BCUT2D eigenvalue weighted by atomic mass is 9.98. The van der Waals surface area contributed by atoms with E-state index in [1.807, 2.05) is 0 Å². The van der Waals surface area contributed by atoms with Gasteiger partial charge < -0.3 is 14.6 Å². The number of hydrogen-bond acceptors (Lipinski definition) is 5. The number of nitro benzene ring substituents is 1. The Kier molecular flexibility index (Phi) is 4.26. The first-order chi connectivity index (χ1) is 10.5. The molecule has 2 aromatic rings. The molecule has 2 rings (SSSR count). The maximum absolute atomic E-state index is 11.3. The van der Waals surface area contributed by atoms with E-state index in [2.05, 4.69) is 0 Å². The number of carboxylic acids is 1. The van der Waals surface area contributed by atoms with Crippen LogP contribution in [-0.4, -0.2) is 30.2 Å². The van der Waals surface area contributed by atoms with Crippen molar-refractivity contribution in [2.75, 3.05) is 14.2 Å². The molecule has 0 heterocycles. The Balaban J connectivity index is 2.66. The van der Waals surface area contributed by atoms with Crippen LogP contribution in [-0.2, 0) is 0 Å². The number of carboxylic acid groups (broad SMARTS) is 1. The lowest BCUT2D eigenvalue weighted by Gasteiger charge is -2.11. The minimum absolute atomic E-state index is 0.0298. The van der Waals surface area contributed by atoms with Crippen molar-refractivity contribution in [1.82, 2.24) is 0 Å². The molecule has 0 aromatic heterocycles. The molecular formula is C15H13NO6. The summed E-state index contributed by atoms with van der Waals surface area (Å²) in [5, 5.41) is 20.2. The summed E-state index contributed by atoms with van der Waals surface area (Å²) in [5.74, 6) is -0.281. The zero-order valence-electron chi connectivity index (χ0n) is 11.9. The van der Waals surface area contributed by atoms with E-state index in [0.717, 1.165) is 6.07 Å². The molecule has 7 nitrogen and oxygen atoms in total. The maximum Gasteiger partial charge on any atom is 0.336 e. The van der Waals surface area contributed by atoms with Crippen molar-refractivity contribution in [3.05, 3.63) is 52.1 Å². The van der Waals surface area contributed by atoms with Gasteiger partial charge in [-0.1, -0.05) is 6.07 Å². The van der Waals surface area contributed by atoms with E-state index >= 15 is 0 Å². The summed E-state index contributed by atoms with van der Waals surface area (Å²) in [5.41, 5.74) is 0.508. The van der Waals surface area contributed by atoms with Crippen molar-refractivity contribution in [3.8, 4) is 22.6 Å². The van der Waals surface area contributed by atoms with Crippen LogP contribution in [0.15, 0.2) is 36.4 Å². The Morgan fingerprint density at radius 3 is 2.32 bits per heavy atom. The molecule has 0 amide bonds. The van der Waals surface area contributed by atoms with Gasteiger partial charge in [0.15, 0.2) is 11.5 Å². The highest BCUT2D eigenvalue weighted by atomic mass is 16.6. The molecule has 0 aliphatic heterocycles. The van der Waals surface area contributed by atoms with Gasteiger partial charge in [0.1, 0.15) is 0 Å². The fraction of sp³-hybridized carbons (Fsp3) is 0.133. The number of non-ortho nitro benzene ring substituents is 1. The van der Waals surface area contributed by atoms with Gasteiger partial charge in [0, 0.05) is 17.7 Å². The van der Waals surface area contributed by atoms with Crippen molar-refractivity contribution in [2.24, 2.45) is 0 Å². The minimum atomic E-state index is -1.17. The van der Waals surface area contributed by atoms with Gasteiger partial charge in [-0.2, -0.15) is 0 Å². The smallest absolute Gasteiger partial charge is 0.336 e. The highest BCUT2D eigenvalue weighted by molar-refractivity contribution is 5.96. The van der Waals surface area contributed by atoms with Crippen LogP contribution in [0.1, 0.15) is 10.4 Å². The van der Waals surface area contributed by atoms with Crippen LogP contribution < -0.4 is 9.47 Å². The normalized spacial score (nSPS) is 10.1. The van der Waals surface area contributed by atoms with E-state index in [1.165, 1.54) is 26.4 Å². The third-order valence-corrected chi connectivity index (χ3v) is 3.14. The van der Waals surface area contributed by atoms with Crippen LogP contribution >= 0.6 is 0 Å². The van der Waals surface area contributed by atoms with E-state index in [4.69, 9.17) is 9.47 Å². The van der Waals surface area contributed by atoms with E-state index in [1.54, 1.807) is 18.2 Å². The number of rotatable bonds is 5. The molecule has 0 bridgehead atoms. The summed E-state index contributed by atoms with van der Waals surface area (Å²) in [4.78, 5) is 21.7. The average molecular weight is 303 g/mol. The molecule has 0 unspecified atom stereocenters. The second-order valence-corrected chi connectivity index (χ2v) is 4.36. The summed E-state index contributed by atoms with van der Waals surface area (Å²) < 4.78 is 10.3. The first-order valence-electron chi connectivity index (χ1n) is 6.22. The topological polar surface area (TPSA) is 98.9 Å². The van der Waals surface area contributed by atoms with E-state index in [9.17, 15) is 20.0 Å².